The van der Waals surface area contributed by atoms with E-state index in [9.17, 15) is 0 Å². The maximum atomic E-state index is 5.77. The fourth-order valence-electron chi connectivity index (χ4n) is 1.07. The van der Waals surface area contributed by atoms with E-state index in [-0.39, 0.29) is 0 Å². The third-order valence-electron chi connectivity index (χ3n) is 1.57. The van der Waals surface area contributed by atoms with Crippen LogP contribution in [0.1, 0.15) is 11.1 Å². The van der Waals surface area contributed by atoms with Crippen LogP contribution in [-0.4, -0.2) is 0 Å². The van der Waals surface area contributed by atoms with Gasteiger partial charge in [0.1, 0.15) is 0 Å². The number of halogens is 1. The van der Waals surface area contributed by atoms with Crippen LogP contribution < -0.4 is 5.32 Å². The van der Waals surface area contributed by atoms with Gasteiger partial charge in [-0.05, 0) is 23.3 Å². The number of rotatable bonds is 0. The summed E-state index contributed by atoms with van der Waals surface area (Å²) < 4.78 is 0. The van der Waals surface area contributed by atoms with Crippen molar-refractivity contribution in [2.75, 3.05) is 0 Å². The van der Waals surface area contributed by atoms with Crippen molar-refractivity contribution < 1.29 is 0 Å². The van der Waals surface area contributed by atoms with Gasteiger partial charge in [0.25, 0.3) is 0 Å². The lowest BCUT2D eigenvalue weighted by atomic mass is 10.1. The molecule has 2 rings (SSSR count). The second kappa shape index (κ2) is 2.26. The highest BCUT2D eigenvalue weighted by Gasteiger charge is 2.09. The molecule has 2 radical (unpaired) electrons. The normalized spacial score (nSPS) is 15.3. The van der Waals surface area contributed by atoms with E-state index in [1.54, 1.807) is 0 Å². The maximum absolute atomic E-state index is 5.77. The molecule has 0 saturated carbocycles. The monoisotopic (exact) mass is 151 g/mol. The molecule has 2 heteroatoms. The lowest BCUT2D eigenvalue weighted by Gasteiger charge is -1.94. The fourth-order valence-corrected chi connectivity index (χ4v) is 1.26. The Labute approximate surface area is 65.0 Å². The van der Waals surface area contributed by atoms with Gasteiger partial charge in [0, 0.05) is 11.6 Å². The van der Waals surface area contributed by atoms with E-state index in [0.29, 0.717) is 0 Å². The van der Waals surface area contributed by atoms with Crippen LogP contribution in [0.4, 0.5) is 0 Å². The molecule has 0 amide bonds. The van der Waals surface area contributed by atoms with E-state index in [0.717, 1.165) is 17.1 Å². The van der Waals surface area contributed by atoms with Crippen LogP contribution in [0.3, 0.4) is 0 Å². The minimum atomic E-state index is 0.796. The van der Waals surface area contributed by atoms with Crippen molar-refractivity contribution in [2.45, 2.75) is 6.54 Å². The molecule has 1 aromatic rings. The number of benzene rings is 1. The molecule has 1 aliphatic heterocycles. The summed E-state index contributed by atoms with van der Waals surface area (Å²) in [6.45, 7) is 3.88. The minimum absolute atomic E-state index is 0.796. The van der Waals surface area contributed by atoms with Crippen molar-refractivity contribution in [1.82, 2.24) is 5.32 Å². The number of hydrogen-bond acceptors (Lipinski definition) is 1. The van der Waals surface area contributed by atoms with Crippen LogP contribution in [-0.2, 0) is 6.54 Å². The molecule has 0 saturated heterocycles. The molecule has 10 heavy (non-hydrogen) atoms. The third kappa shape index (κ3) is 0.917. The zero-order valence-electron chi connectivity index (χ0n) is 5.32. The van der Waals surface area contributed by atoms with E-state index < -0.39 is 0 Å². The van der Waals surface area contributed by atoms with Crippen LogP contribution in [0.15, 0.2) is 18.2 Å². The Morgan fingerprint density at radius 1 is 1.50 bits per heavy atom. The molecule has 0 fully saturated rings. The first-order valence-corrected chi connectivity index (χ1v) is 3.51. The summed E-state index contributed by atoms with van der Waals surface area (Å²) in [5, 5.41) is 3.80. The fraction of sp³-hybridized carbons (Fsp3) is 0.125. The van der Waals surface area contributed by atoms with E-state index >= 15 is 0 Å². The Kier molecular flexibility index (Phi) is 1.40. The van der Waals surface area contributed by atoms with Gasteiger partial charge in [0.2, 0.25) is 0 Å². The standard InChI is InChI=1S/C8H6ClN/c9-8-2-1-6-4-10-5-7(6)3-8/h1-3,10H,5H2. The van der Waals surface area contributed by atoms with Crippen LogP contribution in [0.5, 0.6) is 0 Å². The second-order valence-electron chi connectivity index (χ2n) is 2.28. The molecule has 0 atom stereocenters. The molecule has 1 aromatic carbocycles. The molecule has 0 spiro atoms. The van der Waals surface area contributed by atoms with Crippen molar-refractivity contribution in [3.63, 3.8) is 0 Å². The molecule has 1 heterocycles. The van der Waals surface area contributed by atoms with E-state index in [1.165, 1.54) is 5.56 Å². The van der Waals surface area contributed by atoms with Crippen molar-refractivity contribution >= 4 is 11.6 Å². The first-order valence-electron chi connectivity index (χ1n) is 3.13. The zero-order chi connectivity index (χ0) is 6.97. The van der Waals surface area contributed by atoms with E-state index in [1.807, 2.05) is 18.2 Å². The van der Waals surface area contributed by atoms with Gasteiger partial charge in [-0.2, -0.15) is 0 Å². The second-order valence-corrected chi connectivity index (χ2v) is 2.72. The molecular formula is C8H6ClN. The molecule has 0 unspecified atom stereocenters. The lowest BCUT2D eigenvalue weighted by molar-refractivity contribution is 0.886. The highest BCUT2D eigenvalue weighted by atomic mass is 35.5. The van der Waals surface area contributed by atoms with Crippen LogP contribution in [0, 0.1) is 6.54 Å². The van der Waals surface area contributed by atoms with Gasteiger partial charge in [-0.15, -0.1) is 0 Å². The van der Waals surface area contributed by atoms with Crippen molar-refractivity contribution in [1.29, 1.82) is 0 Å². The van der Waals surface area contributed by atoms with Gasteiger partial charge in [0.05, 0.1) is 6.54 Å². The predicted octanol–water partition coefficient (Wildman–Crippen LogP) is 1.83. The Hall–Kier alpha value is -0.530. The van der Waals surface area contributed by atoms with E-state index in [4.69, 9.17) is 11.6 Å². The van der Waals surface area contributed by atoms with Crippen LogP contribution >= 0.6 is 11.6 Å². The zero-order valence-corrected chi connectivity index (χ0v) is 6.07. The van der Waals surface area contributed by atoms with Gasteiger partial charge >= 0.3 is 0 Å². The van der Waals surface area contributed by atoms with Gasteiger partial charge < -0.3 is 0 Å². The summed E-state index contributed by atoms with van der Waals surface area (Å²) in [5.74, 6) is 0. The quantitative estimate of drug-likeness (QED) is 0.597. The molecule has 0 aliphatic carbocycles. The summed E-state index contributed by atoms with van der Waals surface area (Å²) in [5.41, 5.74) is 2.36. The first-order chi connectivity index (χ1) is 4.86. The average Bonchev–Trinajstić information content (AvgIpc) is 2.33. The summed E-state index contributed by atoms with van der Waals surface area (Å²) >= 11 is 5.77. The largest absolute Gasteiger partial charge is 0.299 e. The first kappa shape index (κ1) is 6.20. The van der Waals surface area contributed by atoms with Crippen molar-refractivity contribution in [3.8, 4) is 0 Å². The van der Waals surface area contributed by atoms with Gasteiger partial charge in [-0.3, -0.25) is 5.32 Å². The molecule has 1 N–H and O–H groups in total. The van der Waals surface area contributed by atoms with Gasteiger partial charge in [0.15, 0.2) is 0 Å². The molecule has 1 nitrogen and oxygen atoms in total. The van der Waals surface area contributed by atoms with Crippen molar-refractivity contribution in [2.24, 2.45) is 0 Å². The molecule has 1 aliphatic rings. The SMILES string of the molecule is Clc1ccc2c(c1)CN[C]2. The maximum Gasteiger partial charge on any atom is 0.0939 e. The Morgan fingerprint density at radius 3 is 3.30 bits per heavy atom. The van der Waals surface area contributed by atoms with Gasteiger partial charge in [-0.1, -0.05) is 17.7 Å². The Balaban J connectivity index is 2.52. The highest BCUT2D eigenvalue weighted by molar-refractivity contribution is 6.30. The molecule has 50 valence electrons. The molecule has 0 aromatic heterocycles. The molecular weight excluding hydrogens is 146 g/mol. The number of fused-ring (bicyclic) bond motifs is 1. The lowest BCUT2D eigenvalue weighted by Crippen LogP contribution is -1.97. The number of hydrogen-bond donors (Lipinski definition) is 1. The smallest absolute Gasteiger partial charge is 0.0939 e. The summed E-state index contributed by atoms with van der Waals surface area (Å²) in [6.07, 6.45) is 0. The third-order valence-corrected chi connectivity index (χ3v) is 1.80. The highest BCUT2D eigenvalue weighted by Crippen LogP contribution is 2.20. The van der Waals surface area contributed by atoms with Gasteiger partial charge in [-0.25, -0.2) is 0 Å². The summed E-state index contributed by atoms with van der Waals surface area (Å²) in [4.78, 5) is 0. The summed E-state index contributed by atoms with van der Waals surface area (Å²) in [6, 6.07) is 5.81. The van der Waals surface area contributed by atoms with Crippen LogP contribution in [0.2, 0.25) is 5.02 Å². The predicted molar refractivity (Wildman–Crippen MR) is 40.6 cm³/mol. The Morgan fingerprint density at radius 2 is 2.40 bits per heavy atom. The van der Waals surface area contributed by atoms with Crippen LogP contribution in [0.25, 0.3) is 0 Å². The number of nitrogens with one attached hydrogen (secondary N) is 1. The molecule has 0 bridgehead atoms. The topological polar surface area (TPSA) is 12.0 Å². The minimum Gasteiger partial charge on any atom is -0.299 e. The van der Waals surface area contributed by atoms with Crippen molar-refractivity contribution in [3.05, 3.63) is 40.9 Å². The summed E-state index contributed by atoms with van der Waals surface area (Å²) in [7, 11) is 0. The average molecular weight is 152 g/mol. The Bertz CT molecular complexity index is 257. The van der Waals surface area contributed by atoms with E-state index in [2.05, 4.69) is 11.9 Å².